The minimum atomic E-state index is -0.968. The number of rotatable bonds is 3. The Bertz CT molecular complexity index is 101. The van der Waals surface area contributed by atoms with Crippen LogP contribution in [0.25, 0.3) is 0 Å². The molecular formula is C6H13NO2. The third-order valence-corrected chi connectivity index (χ3v) is 1.02. The molecule has 3 N–H and O–H groups in total. The molecular weight excluding hydrogens is 118 g/mol. The lowest BCUT2D eigenvalue weighted by Crippen LogP contribution is -2.29. The Morgan fingerprint density at radius 2 is 2.11 bits per heavy atom. The summed E-state index contributed by atoms with van der Waals surface area (Å²) in [4.78, 5) is 10.2. The van der Waals surface area contributed by atoms with E-state index in [0.29, 0.717) is 12.3 Å². The minimum absolute atomic E-state index is 0.312. The van der Waals surface area contributed by atoms with Gasteiger partial charge in [0.1, 0.15) is 6.10 Å². The molecule has 3 nitrogen and oxygen atoms in total. The molecule has 0 bridgehead atoms. The van der Waals surface area contributed by atoms with Crippen molar-refractivity contribution in [2.75, 3.05) is 0 Å². The van der Waals surface area contributed by atoms with E-state index in [0.717, 1.165) is 0 Å². The average molecular weight is 131 g/mol. The Morgan fingerprint density at radius 1 is 1.67 bits per heavy atom. The highest BCUT2D eigenvalue weighted by atomic mass is 16.3. The van der Waals surface area contributed by atoms with Crippen molar-refractivity contribution in [2.24, 2.45) is 11.7 Å². The summed E-state index contributed by atoms with van der Waals surface area (Å²) in [7, 11) is 0. The second kappa shape index (κ2) is 3.45. The molecule has 0 fully saturated rings. The fourth-order valence-electron chi connectivity index (χ4n) is 0.563. The maximum Gasteiger partial charge on any atom is 0.246 e. The maximum absolute atomic E-state index is 10.2. The van der Waals surface area contributed by atoms with E-state index in [1.165, 1.54) is 0 Å². The van der Waals surface area contributed by atoms with E-state index in [4.69, 9.17) is 10.8 Å². The molecule has 0 rings (SSSR count). The Labute approximate surface area is 54.9 Å². The van der Waals surface area contributed by atoms with E-state index in [-0.39, 0.29) is 0 Å². The number of carbonyl (C=O) groups excluding carboxylic acids is 1. The van der Waals surface area contributed by atoms with Crippen LogP contribution in [0.2, 0.25) is 0 Å². The van der Waals surface area contributed by atoms with Crippen molar-refractivity contribution in [1.29, 1.82) is 0 Å². The van der Waals surface area contributed by atoms with Crippen LogP contribution in [0.1, 0.15) is 20.3 Å². The van der Waals surface area contributed by atoms with Crippen molar-refractivity contribution in [2.45, 2.75) is 26.4 Å². The first-order valence-corrected chi connectivity index (χ1v) is 3.01. The summed E-state index contributed by atoms with van der Waals surface area (Å²) in [5, 5.41) is 8.82. The number of aliphatic hydroxyl groups excluding tert-OH is 1. The van der Waals surface area contributed by atoms with Crippen LogP contribution in [-0.4, -0.2) is 17.1 Å². The zero-order valence-corrected chi connectivity index (χ0v) is 5.79. The largest absolute Gasteiger partial charge is 0.383 e. The van der Waals surface area contributed by atoms with Crippen molar-refractivity contribution >= 4 is 5.91 Å². The van der Waals surface area contributed by atoms with Gasteiger partial charge in [-0.3, -0.25) is 4.79 Å². The summed E-state index contributed by atoms with van der Waals surface area (Å²) < 4.78 is 0. The molecule has 1 atom stereocenters. The predicted molar refractivity (Wildman–Crippen MR) is 34.7 cm³/mol. The molecule has 0 radical (unpaired) electrons. The normalized spacial score (nSPS) is 13.8. The molecule has 0 aromatic rings. The second-order valence-electron chi connectivity index (χ2n) is 2.55. The standard InChI is InChI=1S/C6H13NO2/c1-4(2)3-5(8)6(7)9/h4-5,8H,3H2,1-2H3,(H2,7,9)/t5-/m1/s1. The highest BCUT2D eigenvalue weighted by Gasteiger charge is 2.11. The fourth-order valence-corrected chi connectivity index (χ4v) is 0.563. The zero-order valence-electron chi connectivity index (χ0n) is 5.79. The zero-order chi connectivity index (χ0) is 7.44. The van der Waals surface area contributed by atoms with Crippen LogP contribution in [0.4, 0.5) is 0 Å². The molecule has 0 saturated carbocycles. The molecule has 0 aliphatic carbocycles. The van der Waals surface area contributed by atoms with Crippen LogP contribution < -0.4 is 5.73 Å². The van der Waals surface area contributed by atoms with E-state index in [1.54, 1.807) is 0 Å². The van der Waals surface area contributed by atoms with Gasteiger partial charge < -0.3 is 10.8 Å². The van der Waals surface area contributed by atoms with Crippen molar-refractivity contribution in [3.63, 3.8) is 0 Å². The smallest absolute Gasteiger partial charge is 0.246 e. The third-order valence-electron chi connectivity index (χ3n) is 1.02. The molecule has 54 valence electrons. The summed E-state index contributed by atoms with van der Waals surface area (Å²) in [6.45, 7) is 3.85. The van der Waals surface area contributed by atoms with Gasteiger partial charge in [0, 0.05) is 0 Å². The minimum Gasteiger partial charge on any atom is -0.383 e. The first-order valence-electron chi connectivity index (χ1n) is 3.01. The van der Waals surface area contributed by atoms with Crippen LogP contribution in [0.15, 0.2) is 0 Å². The molecule has 0 spiro atoms. The molecule has 3 heteroatoms. The lowest BCUT2D eigenvalue weighted by molar-refractivity contribution is -0.126. The van der Waals surface area contributed by atoms with Crippen molar-refractivity contribution in [3.8, 4) is 0 Å². The fraction of sp³-hybridized carbons (Fsp3) is 0.833. The van der Waals surface area contributed by atoms with Gasteiger partial charge in [-0.05, 0) is 12.3 Å². The molecule has 0 unspecified atom stereocenters. The highest BCUT2D eigenvalue weighted by Crippen LogP contribution is 2.02. The van der Waals surface area contributed by atoms with Gasteiger partial charge in [-0.15, -0.1) is 0 Å². The summed E-state index contributed by atoms with van der Waals surface area (Å²) >= 11 is 0. The maximum atomic E-state index is 10.2. The number of nitrogens with two attached hydrogens (primary N) is 1. The van der Waals surface area contributed by atoms with Gasteiger partial charge in [-0.2, -0.15) is 0 Å². The van der Waals surface area contributed by atoms with E-state index in [2.05, 4.69) is 0 Å². The molecule has 0 saturated heterocycles. The van der Waals surface area contributed by atoms with Gasteiger partial charge in [0.15, 0.2) is 0 Å². The number of aliphatic hydroxyl groups is 1. The number of carbonyl (C=O) groups is 1. The summed E-state index contributed by atoms with van der Waals surface area (Å²) in [5.74, 6) is -0.323. The number of hydrogen-bond acceptors (Lipinski definition) is 2. The number of primary amides is 1. The van der Waals surface area contributed by atoms with Gasteiger partial charge in [-0.1, -0.05) is 13.8 Å². The van der Waals surface area contributed by atoms with Crippen LogP contribution in [0.5, 0.6) is 0 Å². The molecule has 0 heterocycles. The van der Waals surface area contributed by atoms with Gasteiger partial charge in [-0.25, -0.2) is 0 Å². The van der Waals surface area contributed by atoms with Gasteiger partial charge in [0.25, 0.3) is 0 Å². The first kappa shape index (κ1) is 8.43. The monoisotopic (exact) mass is 131 g/mol. The Balaban J connectivity index is 3.50. The molecule has 0 aliphatic rings. The van der Waals surface area contributed by atoms with E-state index in [9.17, 15) is 4.79 Å². The van der Waals surface area contributed by atoms with E-state index < -0.39 is 12.0 Å². The Hall–Kier alpha value is -0.570. The lowest BCUT2D eigenvalue weighted by Gasteiger charge is -2.07. The van der Waals surface area contributed by atoms with Crippen LogP contribution >= 0.6 is 0 Å². The first-order chi connectivity index (χ1) is 4.04. The summed E-state index contributed by atoms with van der Waals surface area (Å²) in [6.07, 6.45) is -0.514. The molecule has 0 aliphatic heterocycles. The molecule has 0 aromatic carbocycles. The SMILES string of the molecule is CC(C)C[C@@H](O)C(N)=O. The topological polar surface area (TPSA) is 63.3 Å². The van der Waals surface area contributed by atoms with Crippen LogP contribution in [0.3, 0.4) is 0 Å². The van der Waals surface area contributed by atoms with Crippen molar-refractivity contribution in [1.82, 2.24) is 0 Å². The molecule has 1 amide bonds. The van der Waals surface area contributed by atoms with Crippen molar-refractivity contribution in [3.05, 3.63) is 0 Å². The van der Waals surface area contributed by atoms with Gasteiger partial charge >= 0.3 is 0 Å². The van der Waals surface area contributed by atoms with E-state index in [1.807, 2.05) is 13.8 Å². The second-order valence-corrected chi connectivity index (χ2v) is 2.55. The predicted octanol–water partition coefficient (Wildman–Crippen LogP) is -0.121. The van der Waals surface area contributed by atoms with Crippen LogP contribution in [-0.2, 0) is 4.79 Å². The quantitative estimate of drug-likeness (QED) is 0.560. The van der Waals surface area contributed by atoms with Crippen molar-refractivity contribution < 1.29 is 9.90 Å². The molecule has 0 aromatic heterocycles. The van der Waals surface area contributed by atoms with Crippen LogP contribution in [0, 0.1) is 5.92 Å². The summed E-state index contributed by atoms with van der Waals surface area (Å²) in [5.41, 5.74) is 4.80. The third kappa shape index (κ3) is 3.97. The highest BCUT2D eigenvalue weighted by molar-refractivity contribution is 5.78. The number of hydrogen-bond donors (Lipinski definition) is 2. The van der Waals surface area contributed by atoms with Gasteiger partial charge in [0.2, 0.25) is 5.91 Å². The number of amides is 1. The van der Waals surface area contributed by atoms with Gasteiger partial charge in [0.05, 0.1) is 0 Å². The lowest BCUT2D eigenvalue weighted by atomic mass is 10.1. The summed E-state index contributed by atoms with van der Waals surface area (Å²) in [6, 6.07) is 0. The Morgan fingerprint density at radius 3 is 2.22 bits per heavy atom. The van der Waals surface area contributed by atoms with E-state index >= 15 is 0 Å². The average Bonchev–Trinajstić information content (AvgIpc) is 1.63. The molecule has 9 heavy (non-hydrogen) atoms. The Kier molecular flexibility index (Phi) is 3.24.